The van der Waals surface area contributed by atoms with Crippen molar-refractivity contribution >= 4 is 11.5 Å². The Labute approximate surface area is 224 Å². The molecule has 1 heterocycles. The number of aryl methyl sites for hydroxylation is 2. The van der Waals surface area contributed by atoms with Crippen LogP contribution >= 0.6 is 0 Å². The van der Waals surface area contributed by atoms with Crippen LogP contribution in [-0.2, 0) is 14.9 Å². The van der Waals surface area contributed by atoms with Gasteiger partial charge in [-0.3, -0.25) is 4.79 Å². The fourth-order valence-corrected chi connectivity index (χ4v) is 5.70. The number of carbonyl (C=O) groups is 1. The van der Waals surface area contributed by atoms with Crippen LogP contribution in [0, 0.1) is 13.8 Å². The highest BCUT2D eigenvalue weighted by Gasteiger charge is 2.32. The Kier molecular flexibility index (Phi) is 9.63. The average Bonchev–Trinajstić information content (AvgIpc) is 3.33. The Morgan fingerprint density at radius 2 is 1.59 bits per heavy atom. The van der Waals surface area contributed by atoms with E-state index < -0.39 is 5.60 Å². The maximum atomic E-state index is 11.4. The zero-order chi connectivity index (χ0) is 27.2. The maximum Gasteiger partial charge on any atom is 0.306 e. The molecule has 1 aliphatic rings. The fourth-order valence-electron chi connectivity index (χ4n) is 5.70. The van der Waals surface area contributed by atoms with Gasteiger partial charge < -0.3 is 14.6 Å². The van der Waals surface area contributed by atoms with E-state index in [4.69, 9.17) is 9.47 Å². The third-order valence-electron chi connectivity index (χ3n) is 8.50. The maximum absolute atomic E-state index is 11.4. The molecule has 4 heteroatoms. The van der Waals surface area contributed by atoms with E-state index in [1.54, 1.807) is 0 Å². The van der Waals surface area contributed by atoms with Crippen LogP contribution in [0.3, 0.4) is 0 Å². The first kappa shape index (κ1) is 29.0. The standard InChI is InChI=1S/C33H46O4/c1-8-25(21-32(35,9-2)10-3)29-16-13-26(19-23(29)6)33(11-4,12-5)27-14-17-30(24(7)20-27)36-22-28-15-18-31(34)37-28/h13-14,16-17,19-21,28,35H,8-12,15,18,22H2,1-7H3/t28-/m0/s1. The number of esters is 1. The van der Waals surface area contributed by atoms with Crippen LogP contribution in [0.5, 0.6) is 5.75 Å². The molecule has 0 bridgehead atoms. The van der Waals surface area contributed by atoms with Crippen LogP contribution < -0.4 is 4.74 Å². The van der Waals surface area contributed by atoms with Gasteiger partial charge in [0.25, 0.3) is 0 Å². The molecule has 0 aliphatic carbocycles. The second-order valence-corrected chi connectivity index (χ2v) is 10.6. The van der Waals surface area contributed by atoms with Gasteiger partial charge in [-0.1, -0.05) is 65.0 Å². The summed E-state index contributed by atoms with van der Waals surface area (Å²) in [4.78, 5) is 11.4. The van der Waals surface area contributed by atoms with Gasteiger partial charge in [-0.05, 0) is 97.9 Å². The van der Waals surface area contributed by atoms with E-state index >= 15 is 0 Å². The van der Waals surface area contributed by atoms with Crippen LogP contribution in [0.25, 0.3) is 5.57 Å². The summed E-state index contributed by atoms with van der Waals surface area (Å²) in [7, 11) is 0. The van der Waals surface area contributed by atoms with Gasteiger partial charge in [0.1, 0.15) is 18.5 Å². The Balaban J connectivity index is 1.92. The zero-order valence-electron chi connectivity index (χ0n) is 23.9. The second-order valence-electron chi connectivity index (χ2n) is 10.6. The molecule has 1 atom stereocenters. The Bertz CT molecular complexity index is 1110. The first-order valence-electron chi connectivity index (χ1n) is 14.1. The molecular weight excluding hydrogens is 460 g/mol. The van der Waals surface area contributed by atoms with E-state index in [0.717, 1.165) is 37.0 Å². The minimum Gasteiger partial charge on any atom is -0.489 e. The van der Waals surface area contributed by atoms with Gasteiger partial charge in [0.05, 0.1) is 5.60 Å². The van der Waals surface area contributed by atoms with E-state index in [-0.39, 0.29) is 17.5 Å². The van der Waals surface area contributed by atoms with E-state index in [1.165, 1.54) is 27.8 Å². The normalized spacial score (nSPS) is 16.7. The number of allylic oxidation sites excluding steroid dienone is 1. The van der Waals surface area contributed by atoms with E-state index in [0.29, 0.717) is 25.9 Å². The fraction of sp³-hybridized carbons (Fsp3) is 0.545. The molecule has 1 N–H and O–H groups in total. The van der Waals surface area contributed by atoms with Gasteiger partial charge in [-0.2, -0.15) is 0 Å². The highest BCUT2D eigenvalue weighted by atomic mass is 16.6. The van der Waals surface area contributed by atoms with E-state index in [2.05, 4.69) is 77.1 Å². The Morgan fingerprint density at radius 1 is 0.973 bits per heavy atom. The SMILES string of the molecule is CCC(=CC(O)(CC)CC)c1ccc(C(CC)(CC)c2ccc(OC[C@@H]3CCC(=O)O3)c(C)c2)cc1C. The third kappa shape index (κ3) is 6.29. The van der Waals surface area contributed by atoms with Crippen molar-refractivity contribution < 1.29 is 19.4 Å². The van der Waals surface area contributed by atoms with Gasteiger partial charge >= 0.3 is 5.97 Å². The summed E-state index contributed by atoms with van der Waals surface area (Å²) in [6.07, 6.45) is 7.42. The second kappa shape index (κ2) is 12.3. The molecule has 1 aliphatic heterocycles. The summed E-state index contributed by atoms with van der Waals surface area (Å²) >= 11 is 0. The number of benzene rings is 2. The minimum atomic E-state index is -0.756. The lowest BCUT2D eigenvalue weighted by Crippen LogP contribution is -2.26. The molecule has 0 spiro atoms. The number of hydrogen-bond donors (Lipinski definition) is 1. The predicted molar refractivity (Wildman–Crippen MR) is 152 cm³/mol. The van der Waals surface area contributed by atoms with Crippen molar-refractivity contribution in [3.63, 3.8) is 0 Å². The largest absolute Gasteiger partial charge is 0.489 e. The average molecular weight is 507 g/mol. The quantitative estimate of drug-likeness (QED) is 0.298. The summed E-state index contributed by atoms with van der Waals surface area (Å²) in [5.74, 6) is 0.710. The van der Waals surface area contributed by atoms with Gasteiger partial charge in [-0.15, -0.1) is 0 Å². The minimum absolute atomic E-state index is 0.1000. The lowest BCUT2D eigenvalue weighted by atomic mass is 9.69. The van der Waals surface area contributed by atoms with Crippen molar-refractivity contribution in [2.45, 2.75) is 111 Å². The monoisotopic (exact) mass is 506 g/mol. The summed E-state index contributed by atoms with van der Waals surface area (Å²) < 4.78 is 11.3. The van der Waals surface area contributed by atoms with E-state index in [1.807, 2.05) is 13.8 Å². The molecule has 2 aromatic rings. The summed E-state index contributed by atoms with van der Waals surface area (Å²) in [5, 5.41) is 10.9. The van der Waals surface area contributed by atoms with Gasteiger partial charge in [0, 0.05) is 11.8 Å². The van der Waals surface area contributed by atoms with Crippen LogP contribution in [-0.4, -0.2) is 29.4 Å². The lowest BCUT2D eigenvalue weighted by Gasteiger charge is -2.34. The number of cyclic esters (lactones) is 1. The Hall–Kier alpha value is -2.59. The van der Waals surface area contributed by atoms with Crippen LogP contribution in [0.2, 0.25) is 0 Å². The molecule has 0 unspecified atom stereocenters. The predicted octanol–water partition coefficient (Wildman–Crippen LogP) is 7.84. The molecule has 37 heavy (non-hydrogen) atoms. The van der Waals surface area contributed by atoms with Gasteiger partial charge in [0.15, 0.2) is 0 Å². The number of hydrogen-bond acceptors (Lipinski definition) is 4. The molecule has 3 rings (SSSR count). The topological polar surface area (TPSA) is 55.8 Å². The molecule has 0 aromatic heterocycles. The molecule has 202 valence electrons. The summed E-state index contributed by atoms with van der Waals surface area (Å²) in [5.41, 5.74) is 6.52. The summed E-state index contributed by atoms with van der Waals surface area (Å²) in [6.45, 7) is 15.5. The van der Waals surface area contributed by atoms with Crippen molar-refractivity contribution in [3.05, 3.63) is 70.3 Å². The van der Waals surface area contributed by atoms with Crippen molar-refractivity contribution in [2.75, 3.05) is 6.61 Å². The van der Waals surface area contributed by atoms with Crippen molar-refractivity contribution in [1.29, 1.82) is 0 Å². The van der Waals surface area contributed by atoms with Crippen molar-refractivity contribution in [3.8, 4) is 5.75 Å². The van der Waals surface area contributed by atoms with Crippen molar-refractivity contribution in [2.24, 2.45) is 0 Å². The molecule has 1 fully saturated rings. The molecule has 2 aromatic carbocycles. The first-order chi connectivity index (χ1) is 17.6. The molecule has 4 nitrogen and oxygen atoms in total. The van der Waals surface area contributed by atoms with E-state index in [9.17, 15) is 9.90 Å². The smallest absolute Gasteiger partial charge is 0.306 e. The van der Waals surface area contributed by atoms with Crippen molar-refractivity contribution in [1.82, 2.24) is 0 Å². The summed E-state index contributed by atoms with van der Waals surface area (Å²) in [6, 6.07) is 13.4. The zero-order valence-corrected chi connectivity index (χ0v) is 23.9. The number of carbonyl (C=O) groups excluding carboxylic acids is 1. The number of rotatable bonds is 12. The van der Waals surface area contributed by atoms with Crippen LogP contribution in [0.4, 0.5) is 0 Å². The molecule has 0 saturated carbocycles. The lowest BCUT2D eigenvalue weighted by molar-refractivity contribution is -0.142. The Morgan fingerprint density at radius 3 is 2.08 bits per heavy atom. The molecule has 0 amide bonds. The highest BCUT2D eigenvalue weighted by Crippen LogP contribution is 2.41. The highest BCUT2D eigenvalue weighted by molar-refractivity contribution is 5.71. The first-order valence-corrected chi connectivity index (χ1v) is 14.1. The molecular formula is C33H46O4. The van der Waals surface area contributed by atoms with Crippen LogP contribution in [0.1, 0.15) is 107 Å². The third-order valence-corrected chi connectivity index (χ3v) is 8.50. The van der Waals surface area contributed by atoms with Crippen LogP contribution in [0.15, 0.2) is 42.5 Å². The van der Waals surface area contributed by atoms with Gasteiger partial charge in [-0.25, -0.2) is 0 Å². The number of aliphatic hydroxyl groups is 1. The molecule has 0 radical (unpaired) electrons. The number of ether oxygens (including phenoxy) is 2. The molecule has 1 saturated heterocycles. The van der Waals surface area contributed by atoms with Gasteiger partial charge in [0.2, 0.25) is 0 Å².